The van der Waals surface area contributed by atoms with Crippen LogP contribution in [0.1, 0.15) is 83.1 Å². The summed E-state index contributed by atoms with van der Waals surface area (Å²) in [5.74, 6) is 0. The number of hydrogen-bond donors (Lipinski definition) is 2. The van der Waals surface area contributed by atoms with E-state index in [1.54, 1.807) is 12.1 Å². The summed E-state index contributed by atoms with van der Waals surface area (Å²) >= 11 is 0. The maximum Gasteiger partial charge on any atom is 0.243 e. The van der Waals surface area contributed by atoms with Crippen LogP contribution in [-0.4, -0.2) is 41.8 Å². The van der Waals surface area contributed by atoms with Gasteiger partial charge in [-0.25, -0.2) is 8.42 Å². The second-order valence-corrected chi connectivity index (χ2v) is 9.85. The van der Waals surface area contributed by atoms with Gasteiger partial charge in [-0.3, -0.25) is 0 Å². The molecule has 160 valence electrons. The number of aryl methyl sites for hydroxylation is 1. The van der Waals surface area contributed by atoms with Crippen molar-refractivity contribution in [2.45, 2.75) is 101 Å². The van der Waals surface area contributed by atoms with Crippen molar-refractivity contribution in [2.24, 2.45) is 0 Å². The molecule has 1 aromatic carbocycles. The van der Waals surface area contributed by atoms with E-state index in [9.17, 15) is 18.6 Å². The lowest BCUT2D eigenvalue weighted by molar-refractivity contribution is -0.0768. The minimum absolute atomic E-state index is 0.232. The fourth-order valence-electron chi connectivity index (χ4n) is 3.97. The molecule has 0 unspecified atom stereocenters. The molecule has 1 aliphatic heterocycles. The monoisotopic (exact) mass is 411 g/mol. The van der Waals surface area contributed by atoms with Gasteiger partial charge in [0.05, 0.1) is 10.9 Å². The maximum atomic E-state index is 12.8. The summed E-state index contributed by atoms with van der Waals surface area (Å²) in [6.45, 7) is 2.58. The highest BCUT2D eigenvalue weighted by Gasteiger charge is 2.38. The number of aliphatic hydroxyl groups excluding tert-OH is 1. The third-order valence-corrected chi connectivity index (χ3v) is 7.63. The fourth-order valence-corrected chi connectivity index (χ4v) is 5.66. The molecule has 28 heavy (non-hydrogen) atoms. The molecule has 2 rings (SSSR count). The lowest BCUT2D eigenvalue weighted by atomic mass is 10.0. The molecule has 0 radical (unpaired) electrons. The van der Waals surface area contributed by atoms with Crippen LogP contribution in [0.2, 0.25) is 0 Å². The fraction of sp³-hybridized carbons (Fsp3) is 0.727. The van der Waals surface area contributed by atoms with Gasteiger partial charge >= 0.3 is 0 Å². The van der Waals surface area contributed by atoms with Crippen LogP contribution in [0.25, 0.3) is 0 Å². The first-order chi connectivity index (χ1) is 13.5. The van der Waals surface area contributed by atoms with Crippen molar-refractivity contribution in [3.05, 3.63) is 29.8 Å². The zero-order valence-electron chi connectivity index (χ0n) is 17.2. The summed E-state index contributed by atoms with van der Waals surface area (Å²) in [6, 6.07) is 6.33. The minimum atomic E-state index is -3.68. The van der Waals surface area contributed by atoms with Crippen molar-refractivity contribution in [1.82, 2.24) is 4.31 Å². The molecule has 6 heteroatoms. The molecule has 0 saturated carbocycles. The first-order valence-electron chi connectivity index (χ1n) is 10.9. The molecular weight excluding hydrogens is 374 g/mol. The molecule has 0 aromatic heterocycles. The van der Waals surface area contributed by atoms with Gasteiger partial charge in [0.15, 0.2) is 6.29 Å². The van der Waals surface area contributed by atoms with Gasteiger partial charge in [0, 0.05) is 6.54 Å². The quantitative estimate of drug-likeness (QED) is 0.376. The lowest BCUT2D eigenvalue weighted by Crippen LogP contribution is -2.42. The summed E-state index contributed by atoms with van der Waals surface area (Å²) in [5, 5.41) is 18.9. The molecule has 1 heterocycles. The molecule has 1 saturated heterocycles. The predicted octanol–water partition coefficient (Wildman–Crippen LogP) is 4.22. The molecule has 5 nitrogen and oxygen atoms in total. The van der Waals surface area contributed by atoms with Crippen LogP contribution in [0, 0.1) is 0 Å². The van der Waals surface area contributed by atoms with Crippen LogP contribution in [0.3, 0.4) is 0 Å². The van der Waals surface area contributed by atoms with Crippen LogP contribution < -0.4 is 0 Å². The molecule has 1 fully saturated rings. The maximum absolute atomic E-state index is 12.8. The van der Waals surface area contributed by atoms with Crippen LogP contribution in [0.15, 0.2) is 29.2 Å². The van der Waals surface area contributed by atoms with Gasteiger partial charge in [-0.05, 0) is 43.4 Å². The Morgan fingerprint density at radius 1 is 0.964 bits per heavy atom. The molecular formula is C22H37NO4S. The van der Waals surface area contributed by atoms with E-state index >= 15 is 0 Å². The molecule has 0 bridgehead atoms. The predicted molar refractivity (Wildman–Crippen MR) is 113 cm³/mol. The number of unbranched alkanes of at least 4 members (excludes halogenated alkanes) is 8. The van der Waals surface area contributed by atoms with Crippen LogP contribution in [0.5, 0.6) is 0 Å². The zero-order valence-corrected chi connectivity index (χ0v) is 18.0. The number of nitrogens with zero attached hydrogens (tertiary/aromatic N) is 1. The highest BCUT2D eigenvalue weighted by atomic mass is 32.2. The first kappa shape index (κ1) is 23.3. The summed E-state index contributed by atoms with van der Waals surface area (Å²) in [4.78, 5) is 0.232. The van der Waals surface area contributed by atoms with Gasteiger partial charge in [0.1, 0.15) is 0 Å². The third kappa shape index (κ3) is 6.83. The SMILES string of the molecule is CCCCCCCCCCCc1ccc(S(=O)(=O)N2CCC[C@H]2C(O)O)cc1. The van der Waals surface area contributed by atoms with Gasteiger partial charge in [-0.1, -0.05) is 70.4 Å². The molecule has 0 aliphatic carbocycles. The summed E-state index contributed by atoms with van der Waals surface area (Å²) in [5.41, 5.74) is 1.15. The highest BCUT2D eigenvalue weighted by molar-refractivity contribution is 7.89. The number of rotatable bonds is 13. The Morgan fingerprint density at radius 2 is 1.54 bits per heavy atom. The Balaban J connectivity index is 1.75. The smallest absolute Gasteiger partial charge is 0.243 e. The molecule has 0 spiro atoms. The largest absolute Gasteiger partial charge is 0.367 e. The van der Waals surface area contributed by atoms with E-state index in [0.717, 1.165) is 18.4 Å². The van der Waals surface area contributed by atoms with Crippen molar-refractivity contribution in [2.75, 3.05) is 6.54 Å². The molecule has 2 N–H and O–H groups in total. The molecule has 0 amide bonds. The second kappa shape index (κ2) is 11.9. The zero-order chi connectivity index (χ0) is 20.4. The highest BCUT2D eigenvalue weighted by Crippen LogP contribution is 2.27. The Morgan fingerprint density at radius 3 is 2.11 bits per heavy atom. The molecule has 1 aliphatic rings. The van der Waals surface area contributed by atoms with Crippen molar-refractivity contribution in [3.8, 4) is 0 Å². The van der Waals surface area contributed by atoms with E-state index in [0.29, 0.717) is 19.4 Å². The Hall–Kier alpha value is -0.950. The summed E-state index contributed by atoms with van der Waals surface area (Å²) in [7, 11) is -3.68. The van der Waals surface area contributed by atoms with Crippen LogP contribution in [0.4, 0.5) is 0 Å². The third-order valence-electron chi connectivity index (χ3n) is 5.69. The van der Waals surface area contributed by atoms with Crippen molar-refractivity contribution in [1.29, 1.82) is 0 Å². The van der Waals surface area contributed by atoms with Crippen molar-refractivity contribution < 1.29 is 18.6 Å². The van der Waals surface area contributed by atoms with Crippen molar-refractivity contribution in [3.63, 3.8) is 0 Å². The lowest BCUT2D eigenvalue weighted by Gasteiger charge is -2.25. The number of sulfonamides is 1. The Labute approximate surface area is 170 Å². The standard InChI is InChI=1S/C22H37NO4S/c1-2-3-4-5-6-7-8-9-10-12-19-14-16-20(17-15-19)28(26,27)23-18-11-13-21(23)22(24)25/h14-17,21-22,24-25H,2-13,18H2,1H3/t21-/m0/s1. The van der Waals surface area contributed by atoms with Gasteiger partial charge < -0.3 is 10.2 Å². The average Bonchev–Trinajstić information content (AvgIpc) is 3.18. The number of aliphatic hydroxyl groups is 2. The number of hydrogen-bond acceptors (Lipinski definition) is 4. The van der Waals surface area contributed by atoms with Gasteiger partial charge in [0.2, 0.25) is 10.0 Å². The topological polar surface area (TPSA) is 77.8 Å². The van der Waals surface area contributed by atoms with Crippen LogP contribution >= 0.6 is 0 Å². The minimum Gasteiger partial charge on any atom is -0.367 e. The van der Waals surface area contributed by atoms with E-state index in [2.05, 4.69) is 6.92 Å². The van der Waals surface area contributed by atoms with E-state index in [-0.39, 0.29) is 4.90 Å². The van der Waals surface area contributed by atoms with Gasteiger partial charge in [-0.2, -0.15) is 4.31 Å². The number of benzene rings is 1. The Bertz CT molecular complexity index is 658. The Kier molecular flexibility index (Phi) is 9.92. The summed E-state index contributed by atoms with van der Waals surface area (Å²) in [6.07, 6.45) is 12.1. The van der Waals surface area contributed by atoms with Gasteiger partial charge in [-0.15, -0.1) is 0 Å². The van der Waals surface area contributed by atoms with Crippen LogP contribution in [-0.2, 0) is 16.4 Å². The first-order valence-corrected chi connectivity index (χ1v) is 12.4. The van der Waals surface area contributed by atoms with Crippen molar-refractivity contribution >= 4 is 10.0 Å². The average molecular weight is 412 g/mol. The van der Waals surface area contributed by atoms with Gasteiger partial charge in [0.25, 0.3) is 0 Å². The van der Waals surface area contributed by atoms with E-state index in [1.807, 2.05) is 12.1 Å². The van der Waals surface area contributed by atoms with E-state index in [1.165, 1.54) is 55.7 Å². The van der Waals surface area contributed by atoms with E-state index in [4.69, 9.17) is 0 Å². The second-order valence-electron chi connectivity index (χ2n) is 7.96. The molecule has 1 atom stereocenters. The summed E-state index contributed by atoms with van der Waals surface area (Å²) < 4.78 is 26.8. The molecule has 1 aromatic rings. The normalized spacial score (nSPS) is 18.2. The van der Waals surface area contributed by atoms with E-state index < -0.39 is 22.4 Å².